The number of amides is 4. The molecule has 1 heterocycles. The van der Waals surface area contributed by atoms with E-state index < -0.39 is 17.5 Å². The molecule has 1 fully saturated rings. The number of carbonyl (C=O) groups is 3. The lowest BCUT2D eigenvalue weighted by Gasteiger charge is -2.25. The summed E-state index contributed by atoms with van der Waals surface area (Å²) >= 11 is 0. The zero-order valence-corrected chi connectivity index (χ0v) is 13.2. The first kappa shape index (κ1) is 17.4. The Kier molecular flexibility index (Phi) is 5.33. The van der Waals surface area contributed by atoms with E-state index in [1.807, 2.05) is 13.8 Å². The van der Waals surface area contributed by atoms with Crippen LogP contribution in [0.15, 0.2) is 0 Å². The topological polar surface area (TPSA) is 98.7 Å². The Morgan fingerprint density at radius 3 is 2.48 bits per heavy atom. The van der Waals surface area contributed by atoms with Crippen LogP contribution in [-0.2, 0) is 9.59 Å². The minimum absolute atomic E-state index is 0.120. The number of nitrogens with zero attached hydrogens (tertiary/aromatic N) is 1. The Morgan fingerprint density at radius 2 is 2.00 bits per heavy atom. The Balaban J connectivity index is 2.48. The third-order valence-electron chi connectivity index (χ3n) is 3.52. The molecule has 1 aliphatic heterocycles. The molecule has 0 atom stereocenters. The van der Waals surface area contributed by atoms with Gasteiger partial charge in [-0.15, -0.1) is 0 Å². The number of hydrogen-bond acceptors (Lipinski definition) is 4. The molecule has 120 valence electrons. The van der Waals surface area contributed by atoms with E-state index in [0.29, 0.717) is 13.0 Å². The third kappa shape index (κ3) is 4.70. The van der Waals surface area contributed by atoms with Gasteiger partial charge in [-0.3, -0.25) is 14.5 Å². The summed E-state index contributed by atoms with van der Waals surface area (Å²) in [6.07, 6.45) is 1.45. The lowest BCUT2D eigenvalue weighted by atomic mass is 9.88. The number of hydrogen-bond donors (Lipinski definition) is 3. The minimum atomic E-state index is -0.961. The van der Waals surface area contributed by atoms with Crippen molar-refractivity contribution in [2.45, 2.75) is 46.1 Å². The molecular formula is C14H25N3O4. The molecule has 3 N–H and O–H groups in total. The fraction of sp³-hybridized carbons (Fsp3) is 0.786. The van der Waals surface area contributed by atoms with E-state index >= 15 is 0 Å². The average Bonchev–Trinajstić information content (AvgIpc) is 2.56. The molecule has 1 saturated heterocycles. The number of carbonyl (C=O) groups excluding carboxylic acids is 3. The Hall–Kier alpha value is -1.63. The largest absolute Gasteiger partial charge is 0.396 e. The monoisotopic (exact) mass is 299 g/mol. The summed E-state index contributed by atoms with van der Waals surface area (Å²) in [6.45, 7) is 7.45. The smallest absolute Gasteiger partial charge is 0.325 e. The van der Waals surface area contributed by atoms with Gasteiger partial charge in [-0.1, -0.05) is 13.8 Å². The number of rotatable bonds is 7. The van der Waals surface area contributed by atoms with Crippen molar-refractivity contribution in [1.82, 2.24) is 15.5 Å². The van der Waals surface area contributed by atoms with Crippen LogP contribution in [0, 0.1) is 5.41 Å². The molecule has 0 spiro atoms. The summed E-state index contributed by atoms with van der Waals surface area (Å²) in [4.78, 5) is 36.4. The van der Waals surface area contributed by atoms with Crippen LogP contribution in [0.2, 0.25) is 0 Å². The van der Waals surface area contributed by atoms with Gasteiger partial charge in [0.05, 0.1) is 0 Å². The minimum Gasteiger partial charge on any atom is -0.396 e. The highest BCUT2D eigenvalue weighted by Crippen LogP contribution is 2.21. The van der Waals surface area contributed by atoms with Crippen molar-refractivity contribution >= 4 is 17.8 Å². The van der Waals surface area contributed by atoms with Crippen molar-refractivity contribution < 1.29 is 19.5 Å². The molecule has 0 aromatic carbocycles. The zero-order valence-electron chi connectivity index (χ0n) is 13.2. The van der Waals surface area contributed by atoms with Crippen LogP contribution in [0.1, 0.15) is 40.5 Å². The van der Waals surface area contributed by atoms with Gasteiger partial charge in [0.15, 0.2) is 0 Å². The number of imide groups is 1. The molecule has 7 heteroatoms. The summed E-state index contributed by atoms with van der Waals surface area (Å²) in [6, 6.07) is -0.542. The fourth-order valence-corrected chi connectivity index (χ4v) is 2.14. The highest BCUT2D eigenvalue weighted by molar-refractivity contribution is 6.08. The van der Waals surface area contributed by atoms with Crippen molar-refractivity contribution in [2.24, 2.45) is 5.41 Å². The highest BCUT2D eigenvalue weighted by atomic mass is 16.3. The highest BCUT2D eigenvalue weighted by Gasteiger charge is 2.44. The SMILES string of the molecule is CC(C)(CCCO)CNC(=O)CN1C(=O)NC(C)(C)C1=O. The zero-order chi connectivity index (χ0) is 16.3. The van der Waals surface area contributed by atoms with E-state index in [9.17, 15) is 14.4 Å². The molecule has 4 amide bonds. The maximum absolute atomic E-state index is 12.0. The maximum atomic E-state index is 12.0. The predicted molar refractivity (Wildman–Crippen MR) is 77.4 cm³/mol. The van der Waals surface area contributed by atoms with E-state index in [1.165, 1.54) is 0 Å². The molecule has 1 aliphatic rings. The lowest BCUT2D eigenvalue weighted by Crippen LogP contribution is -2.44. The van der Waals surface area contributed by atoms with Gasteiger partial charge in [0.1, 0.15) is 12.1 Å². The molecule has 0 unspecified atom stereocenters. The van der Waals surface area contributed by atoms with Crippen LogP contribution in [0.4, 0.5) is 4.79 Å². The van der Waals surface area contributed by atoms with Crippen LogP contribution in [0.5, 0.6) is 0 Å². The first-order chi connectivity index (χ1) is 9.59. The van der Waals surface area contributed by atoms with E-state index in [0.717, 1.165) is 11.3 Å². The Bertz CT molecular complexity index is 432. The molecule has 21 heavy (non-hydrogen) atoms. The van der Waals surface area contributed by atoms with E-state index in [-0.39, 0.29) is 24.5 Å². The van der Waals surface area contributed by atoms with Crippen LogP contribution in [0.3, 0.4) is 0 Å². The summed E-state index contributed by atoms with van der Waals surface area (Å²) in [7, 11) is 0. The fourth-order valence-electron chi connectivity index (χ4n) is 2.14. The molecule has 0 aromatic rings. The van der Waals surface area contributed by atoms with E-state index in [4.69, 9.17) is 5.11 Å². The third-order valence-corrected chi connectivity index (χ3v) is 3.52. The molecule has 0 radical (unpaired) electrons. The quantitative estimate of drug-likeness (QED) is 0.586. The van der Waals surface area contributed by atoms with E-state index in [1.54, 1.807) is 13.8 Å². The number of aliphatic hydroxyl groups excluding tert-OH is 1. The Morgan fingerprint density at radius 1 is 1.38 bits per heavy atom. The second-order valence-corrected chi connectivity index (χ2v) is 6.71. The summed E-state index contributed by atoms with van der Waals surface area (Å²) < 4.78 is 0. The first-order valence-electron chi connectivity index (χ1n) is 7.11. The van der Waals surface area contributed by atoms with Crippen LogP contribution < -0.4 is 10.6 Å². The maximum Gasteiger partial charge on any atom is 0.325 e. The number of urea groups is 1. The molecule has 7 nitrogen and oxygen atoms in total. The van der Waals surface area contributed by atoms with Gasteiger partial charge in [0.2, 0.25) is 5.91 Å². The van der Waals surface area contributed by atoms with Crippen molar-refractivity contribution in [3.05, 3.63) is 0 Å². The van der Waals surface area contributed by atoms with Crippen LogP contribution >= 0.6 is 0 Å². The summed E-state index contributed by atoms with van der Waals surface area (Å²) in [5, 5.41) is 14.1. The molecule has 0 bridgehead atoms. The van der Waals surface area contributed by atoms with Crippen molar-refractivity contribution in [3.63, 3.8) is 0 Å². The molecule has 1 rings (SSSR count). The summed E-state index contributed by atoms with van der Waals surface area (Å²) in [5.74, 6) is -0.768. The Labute approximate surface area is 125 Å². The van der Waals surface area contributed by atoms with Gasteiger partial charge in [-0.25, -0.2) is 4.79 Å². The molecule has 0 saturated carbocycles. The lowest BCUT2D eigenvalue weighted by molar-refractivity contribution is -0.134. The van der Waals surface area contributed by atoms with Crippen LogP contribution in [-0.4, -0.2) is 53.1 Å². The summed E-state index contributed by atoms with van der Waals surface area (Å²) in [5.41, 5.74) is -1.10. The first-order valence-corrected chi connectivity index (χ1v) is 7.11. The number of nitrogens with one attached hydrogen (secondary N) is 2. The van der Waals surface area contributed by atoms with Gasteiger partial charge in [-0.05, 0) is 32.1 Å². The predicted octanol–water partition coefficient (Wildman–Crippen LogP) is 0.232. The normalized spacial score (nSPS) is 17.9. The van der Waals surface area contributed by atoms with Gasteiger partial charge >= 0.3 is 6.03 Å². The number of aliphatic hydroxyl groups is 1. The second-order valence-electron chi connectivity index (χ2n) is 6.71. The van der Waals surface area contributed by atoms with Crippen molar-refractivity contribution in [3.8, 4) is 0 Å². The average molecular weight is 299 g/mol. The van der Waals surface area contributed by atoms with Gasteiger partial charge < -0.3 is 15.7 Å². The van der Waals surface area contributed by atoms with E-state index in [2.05, 4.69) is 10.6 Å². The molecule has 0 aromatic heterocycles. The van der Waals surface area contributed by atoms with Gasteiger partial charge in [0, 0.05) is 13.2 Å². The van der Waals surface area contributed by atoms with Gasteiger partial charge in [-0.2, -0.15) is 0 Å². The van der Waals surface area contributed by atoms with Crippen LogP contribution in [0.25, 0.3) is 0 Å². The standard InChI is InChI=1S/C14H25N3O4/c1-13(2,6-5-7-18)9-15-10(19)8-17-11(20)14(3,4)16-12(17)21/h18H,5-9H2,1-4H3,(H,15,19)(H,16,21). The molecular weight excluding hydrogens is 274 g/mol. The molecule has 0 aliphatic carbocycles. The van der Waals surface area contributed by atoms with Crippen molar-refractivity contribution in [1.29, 1.82) is 0 Å². The van der Waals surface area contributed by atoms with Crippen molar-refractivity contribution in [2.75, 3.05) is 19.7 Å². The van der Waals surface area contributed by atoms with Gasteiger partial charge in [0.25, 0.3) is 5.91 Å². The second kappa shape index (κ2) is 6.43.